The molecule has 0 bridgehead atoms. The summed E-state index contributed by atoms with van der Waals surface area (Å²) in [6.07, 6.45) is 3.58. The van der Waals surface area contributed by atoms with Crippen molar-refractivity contribution in [3.8, 4) is 0 Å². The Morgan fingerprint density at radius 2 is 1.60 bits per heavy atom. The second-order valence-electron chi connectivity index (χ2n) is 5.50. The third-order valence-electron chi connectivity index (χ3n) is 4.17. The molecule has 3 rings (SSSR count). The molecule has 0 unspecified atom stereocenters. The van der Waals surface area contributed by atoms with E-state index in [1.165, 1.54) is 19.3 Å². The van der Waals surface area contributed by atoms with Crippen molar-refractivity contribution in [1.29, 1.82) is 0 Å². The van der Waals surface area contributed by atoms with Crippen molar-refractivity contribution in [3.63, 3.8) is 0 Å². The third kappa shape index (κ3) is 2.21. The lowest BCUT2D eigenvalue weighted by Gasteiger charge is -2.28. The molecule has 1 aromatic carbocycles. The molecule has 0 saturated carbocycles. The normalized spacial score (nSPS) is 20.2. The Balaban J connectivity index is 1.96. The van der Waals surface area contributed by atoms with Gasteiger partial charge in [0.25, 0.3) is 0 Å². The number of fused-ring (bicyclic) bond motifs is 1. The fourth-order valence-corrected chi connectivity index (χ4v) is 3.01. The zero-order chi connectivity index (χ0) is 14.1. The third-order valence-corrected chi connectivity index (χ3v) is 4.17. The van der Waals surface area contributed by atoms with E-state index in [0.717, 1.165) is 24.4 Å². The minimum absolute atomic E-state index is 0.376. The Labute approximate surface area is 118 Å². The number of hydrogen-bond donors (Lipinski definition) is 1. The molecule has 20 heavy (non-hydrogen) atoms. The molecule has 0 spiro atoms. The van der Waals surface area contributed by atoms with E-state index >= 15 is 0 Å². The van der Waals surface area contributed by atoms with Crippen LogP contribution in [-0.4, -0.2) is 36.1 Å². The van der Waals surface area contributed by atoms with Crippen LogP contribution < -0.4 is 5.73 Å². The van der Waals surface area contributed by atoms with Crippen LogP contribution in [0, 0.1) is 0 Å². The second-order valence-corrected chi connectivity index (χ2v) is 5.50. The molecule has 104 valence electrons. The molecule has 0 radical (unpaired) electrons. The van der Waals surface area contributed by atoms with Gasteiger partial charge in [0.15, 0.2) is 0 Å². The maximum atomic E-state index is 12.3. The number of carbonyl (C=O) groups is 2. The van der Waals surface area contributed by atoms with Crippen LogP contribution in [0.3, 0.4) is 0 Å². The fraction of sp³-hybridized carbons (Fsp3) is 0.375. The lowest BCUT2D eigenvalue weighted by Crippen LogP contribution is -2.51. The summed E-state index contributed by atoms with van der Waals surface area (Å²) in [4.78, 5) is 26.7. The van der Waals surface area contributed by atoms with Gasteiger partial charge in [-0.15, -0.1) is 0 Å². The lowest BCUT2D eigenvalue weighted by molar-refractivity contribution is -0.245. The number of likely N-dealkylation sites (tertiary alicyclic amines) is 1. The number of quaternary nitrogens is 1. The van der Waals surface area contributed by atoms with Gasteiger partial charge in [0.1, 0.15) is 5.70 Å². The predicted molar refractivity (Wildman–Crippen MR) is 75.9 cm³/mol. The molecule has 1 saturated heterocycles. The molecule has 4 heteroatoms. The monoisotopic (exact) mass is 271 g/mol. The average Bonchev–Trinajstić information content (AvgIpc) is 2.50. The molecule has 0 aromatic heterocycles. The topological polar surface area (TPSA) is 65.0 Å². The Hall–Kier alpha value is -1.78. The van der Waals surface area contributed by atoms with E-state index in [-0.39, 0.29) is 11.6 Å². The van der Waals surface area contributed by atoms with Gasteiger partial charge in [-0.3, -0.25) is 14.5 Å². The van der Waals surface area contributed by atoms with Crippen molar-refractivity contribution in [3.05, 3.63) is 41.0 Å². The number of rotatable bonds is 2. The molecule has 0 amide bonds. The van der Waals surface area contributed by atoms with E-state index in [1.807, 2.05) is 12.1 Å². The number of ketones is 2. The van der Waals surface area contributed by atoms with Crippen molar-refractivity contribution in [2.24, 2.45) is 0 Å². The van der Waals surface area contributed by atoms with Gasteiger partial charge in [-0.05, 0) is 32.0 Å². The number of Topliss-reactive ketones (excluding diaryl/α,β-unsaturated/α-hetero) is 2. The van der Waals surface area contributed by atoms with Crippen LogP contribution in [0.5, 0.6) is 0 Å². The SMILES string of the molecule is [NH3+]C1=C(CN2CCCCC2)C(=O)C(=O)c2ccccc21. The van der Waals surface area contributed by atoms with Crippen LogP contribution in [0.25, 0.3) is 5.70 Å². The molecule has 1 aliphatic carbocycles. The first kappa shape index (κ1) is 13.2. The van der Waals surface area contributed by atoms with E-state index in [0.29, 0.717) is 17.7 Å². The van der Waals surface area contributed by atoms with Crippen LogP contribution >= 0.6 is 0 Å². The smallest absolute Gasteiger partial charge is 0.236 e. The van der Waals surface area contributed by atoms with Crippen LogP contribution in [0.15, 0.2) is 29.8 Å². The molecular formula is C16H19N2O2+. The van der Waals surface area contributed by atoms with E-state index in [4.69, 9.17) is 0 Å². The maximum Gasteiger partial charge on any atom is 0.236 e. The molecule has 3 N–H and O–H groups in total. The summed E-state index contributed by atoms with van der Waals surface area (Å²) in [5, 5.41) is 0. The standard InChI is InChI=1S/C16H18N2O2/c17-14-11-6-2-3-7-12(11)15(19)16(20)13(14)10-18-8-4-1-5-9-18/h2-3,6-7H,1,4-5,8-10,17H2/p+1. The molecule has 1 fully saturated rings. The summed E-state index contributed by atoms with van der Waals surface area (Å²) in [5.41, 5.74) is 6.65. The molecule has 1 heterocycles. The number of hydrogen-bond acceptors (Lipinski definition) is 3. The maximum absolute atomic E-state index is 12.3. The van der Waals surface area contributed by atoms with Crippen LogP contribution in [0.2, 0.25) is 0 Å². The molecule has 2 aliphatic rings. The molecular weight excluding hydrogens is 252 g/mol. The van der Waals surface area contributed by atoms with Crippen LogP contribution in [0.4, 0.5) is 0 Å². The summed E-state index contributed by atoms with van der Waals surface area (Å²) in [5.74, 6) is -0.765. The summed E-state index contributed by atoms with van der Waals surface area (Å²) >= 11 is 0. The molecule has 4 nitrogen and oxygen atoms in total. The van der Waals surface area contributed by atoms with Gasteiger partial charge in [-0.1, -0.05) is 24.6 Å². The minimum atomic E-state index is -0.389. The van der Waals surface area contributed by atoms with Crippen molar-refractivity contribution in [2.75, 3.05) is 19.6 Å². The predicted octanol–water partition coefficient (Wildman–Crippen LogP) is 0.891. The summed E-state index contributed by atoms with van der Waals surface area (Å²) in [6.45, 7) is 2.55. The van der Waals surface area contributed by atoms with Gasteiger partial charge in [-0.25, -0.2) is 0 Å². The largest absolute Gasteiger partial charge is 0.324 e. The lowest BCUT2D eigenvalue weighted by atomic mass is 9.87. The average molecular weight is 271 g/mol. The highest BCUT2D eigenvalue weighted by molar-refractivity contribution is 6.52. The first-order valence-corrected chi connectivity index (χ1v) is 7.14. The second kappa shape index (κ2) is 5.31. The van der Waals surface area contributed by atoms with Gasteiger partial charge in [0.2, 0.25) is 11.6 Å². The highest BCUT2D eigenvalue weighted by Gasteiger charge is 2.34. The van der Waals surface area contributed by atoms with E-state index in [2.05, 4.69) is 10.6 Å². The van der Waals surface area contributed by atoms with Crippen LogP contribution in [0.1, 0.15) is 35.2 Å². The quantitative estimate of drug-likeness (QED) is 0.812. The van der Waals surface area contributed by atoms with Gasteiger partial charge in [0, 0.05) is 17.7 Å². The number of carbonyl (C=O) groups excluding carboxylic acids is 2. The molecule has 1 aromatic rings. The van der Waals surface area contributed by atoms with Gasteiger partial charge >= 0.3 is 0 Å². The Morgan fingerprint density at radius 3 is 2.30 bits per heavy atom. The van der Waals surface area contributed by atoms with E-state index in [9.17, 15) is 9.59 Å². The van der Waals surface area contributed by atoms with Crippen molar-refractivity contribution in [2.45, 2.75) is 19.3 Å². The minimum Gasteiger partial charge on any atom is -0.324 e. The van der Waals surface area contributed by atoms with Crippen molar-refractivity contribution < 1.29 is 15.3 Å². The first-order chi connectivity index (χ1) is 9.68. The number of piperidine rings is 1. The van der Waals surface area contributed by atoms with Crippen LogP contribution in [-0.2, 0) is 4.79 Å². The van der Waals surface area contributed by atoms with E-state index < -0.39 is 0 Å². The Bertz CT molecular complexity index is 598. The van der Waals surface area contributed by atoms with Crippen molar-refractivity contribution >= 4 is 17.3 Å². The summed E-state index contributed by atoms with van der Waals surface area (Å²) in [6, 6.07) is 7.25. The first-order valence-electron chi connectivity index (χ1n) is 7.14. The highest BCUT2D eigenvalue weighted by Crippen LogP contribution is 2.26. The van der Waals surface area contributed by atoms with E-state index in [1.54, 1.807) is 12.1 Å². The number of benzene rings is 1. The zero-order valence-corrected chi connectivity index (χ0v) is 11.5. The molecule has 0 atom stereocenters. The fourth-order valence-electron chi connectivity index (χ4n) is 3.01. The Kier molecular flexibility index (Phi) is 3.51. The summed E-state index contributed by atoms with van der Waals surface area (Å²) < 4.78 is 0. The zero-order valence-electron chi connectivity index (χ0n) is 11.5. The van der Waals surface area contributed by atoms with Gasteiger partial charge < -0.3 is 5.73 Å². The van der Waals surface area contributed by atoms with Crippen molar-refractivity contribution in [1.82, 2.24) is 4.90 Å². The molecule has 1 aliphatic heterocycles. The Morgan fingerprint density at radius 1 is 0.950 bits per heavy atom. The highest BCUT2D eigenvalue weighted by atomic mass is 16.2. The summed E-state index contributed by atoms with van der Waals surface area (Å²) in [7, 11) is 0. The van der Waals surface area contributed by atoms with Gasteiger partial charge in [-0.2, -0.15) is 0 Å². The van der Waals surface area contributed by atoms with Gasteiger partial charge in [0.05, 0.1) is 5.57 Å². The number of nitrogens with zero attached hydrogens (tertiary/aromatic N) is 1.